The Hall–Kier alpha value is -1.49. The first-order valence-electron chi connectivity index (χ1n) is 6.61. The third-order valence-corrected chi connectivity index (χ3v) is 4.59. The van der Waals surface area contributed by atoms with Crippen molar-refractivity contribution in [1.29, 1.82) is 0 Å². The Morgan fingerprint density at radius 2 is 2.19 bits per heavy atom. The predicted molar refractivity (Wildman–Crippen MR) is 86.5 cm³/mol. The van der Waals surface area contributed by atoms with Crippen molar-refractivity contribution < 1.29 is 4.39 Å². The lowest BCUT2D eigenvalue weighted by Crippen LogP contribution is -2.19. The molecule has 0 aliphatic heterocycles. The number of nitrogens with one attached hydrogen (secondary N) is 1. The minimum absolute atomic E-state index is 0.00281. The van der Waals surface area contributed by atoms with E-state index in [0.29, 0.717) is 17.0 Å². The van der Waals surface area contributed by atoms with Gasteiger partial charge in [-0.15, -0.1) is 11.3 Å². The van der Waals surface area contributed by atoms with Crippen molar-refractivity contribution in [3.05, 3.63) is 63.9 Å². The molecule has 1 N–H and O–H groups in total. The van der Waals surface area contributed by atoms with E-state index in [1.807, 2.05) is 24.7 Å². The summed E-state index contributed by atoms with van der Waals surface area (Å²) >= 11 is 7.61. The summed E-state index contributed by atoms with van der Waals surface area (Å²) in [5, 5.41) is 5.79. The van der Waals surface area contributed by atoms with Gasteiger partial charge >= 0.3 is 0 Å². The Morgan fingerprint density at radius 3 is 3.00 bits per heavy atom. The number of halogens is 2. The van der Waals surface area contributed by atoms with E-state index < -0.39 is 0 Å². The second kappa shape index (κ2) is 6.10. The van der Waals surface area contributed by atoms with Crippen molar-refractivity contribution >= 4 is 33.2 Å². The summed E-state index contributed by atoms with van der Waals surface area (Å²) in [5.74, 6) is -0.232. The number of rotatable bonds is 4. The van der Waals surface area contributed by atoms with E-state index in [0.717, 1.165) is 15.8 Å². The first kappa shape index (κ1) is 14.4. The van der Waals surface area contributed by atoms with Crippen LogP contribution in [0.15, 0.2) is 41.9 Å². The molecule has 3 aromatic rings. The zero-order valence-corrected chi connectivity index (χ0v) is 13.0. The molecule has 0 aliphatic rings. The van der Waals surface area contributed by atoms with Gasteiger partial charge in [0.05, 0.1) is 10.2 Å². The lowest BCUT2D eigenvalue weighted by molar-refractivity contribution is 0.554. The summed E-state index contributed by atoms with van der Waals surface area (Å²) in [6, 6.07) is 8.75. The number of hydrogen-bond donors (Lipinski definition) is 1. The fraction of sp³-hybridized carbons (Fsp3) is 0.188. The Labute approximate surface area is 131 Å². The molecule has 0 aliphatic carbocycles. The quantitative estimate of drug-likeness (QED) is 0.760. The molecule has 1 aromatic carbocycles. The van der Waals surface area contributed by atoms with Gasteiger partial charge in [0.2, 0.25) is 0 Å². The molecule has 0 saturated carbocycles. The van der Waals surface area contributed by atoms with Gasteiger partial charge < -0.3 is 5.32 Å². The third kappa shape index (κ3) is 3.07. The van der Waals surface area contributed by atoms with E-state index >= 15 is 0 Å². The number of aromatic nitrogens is 1. The molecular formula is C16H14ClFN2S. The van der Waals surface area contributed by atoms with Gasteiger partial charge in [-0.25, -0.2) is 4.39 Å². The highest BCUT2D eigenvalue weighted by Gasteiger charge is 2.14. The highest BCUT2D eigenvalue weighted by atomic mass is 35.5. The Balaban J connectivity index is 1.92. The van der Waals surface area contributed by atoms with Crippen LogP contribution in [-0.4, -0.2) is 12.0 Å². The maximum Gasteiger partial charge on any atom is 0.126 e. The lowest BCUT2D eigenvalue weighted by atomic mass is 10.00. The zero-order chi connectivity index (χ0) is 14.8. The summed E-state index contributed by atoms with van der Waals surface area (Å²) in [4.78, 5) is 4.44. The molecule has 0 radical (unpaired) electrons. The van der Waals surface area contributed by atoms with E-state index in [1.165, 1.54) is 6.07 Å². The topological polar surface area (TPSA) is 24.9 Å². The van der Waals surface area contributed by atoms with Crippen LogP contribution in [0, 0.1) is 5.82 Å². The van der Waals surface area contributed by atoms with Gasteiger partial charge in [0, 0.05) is 17.3 Å². The lowest BCUT2D eigenvalue weighted by Gasteiger charge is -2.17. The van der Waals surface area contributed by atoms with Crippen LogP contribution >= 0.6 is 22.9 Å². The van der Waals surface area contributed by atoms with Gasteiger partial charge in [0.25, 0.3) is 0 Å². The number of likely N-dealkylation sites (N-methyl/N-ethyl adjacent to an activating group) is 1. The fourth-order valence-corrected chi connectivity index (χ4v) is 3.34. The SMILES string of the molecule is CNC(Cc1cc(Cl)ccc1F)c1cnc2ccsc2c1. The van der Waals surface area contributed by atoms with E-state index in [1.54, 1.807) is 23.5 Å². The molecule has 0 spiro atoms. The molecule has 21 heavy (non-hydrogen) atoms. The van der Waals surface area contributed by atoms with Crippen LogP contribution in [0.1, 0.15) is 17.2 Å². The average molecular weight is 321 g/mol. The van der Waals surface area contributed by atoms with E-state index in [2.05, 4.69) is 16.4 Å². The summed E-state index contributed by atoms with van der Waals surface area (Å²) in [6.45, 7) is 0. The van der Waals surface area contributed by atoms with Crippen molar-refractivity contribution in [1.82, 2.24) is 10.3 Å². The van der Waals surface area contributed by atoms with Crippen LogP contribution < -0.4 is 5.32 Å². The first-order valence-corrected chi connectivity index (χ1v) is 7.87. The van der Waals surface area contributed by atoms with Gasteiger partial charge in [0.15, 0.2) is 0 Å². The van der Waals surface area contributed by atoms with Crippen molar-refractivity contribution in [2.45, 2.75) is 12.5 Å². The number of benzene rings is 1. The Kier molecular flexibility index (Phi) is 4.19. The Morgan fingerprint density at radius 1 is 1.33 bits per heavy atom. The molecule has 2 aromatic heterocycles. The molecule has 3 rings (SSSR count). The van der Waals surface area contributed by atoms with Crippen molar-refractivity contribution in [3.8, 4) is 0 Å². The van der Waals surface area contributed by atoms with Gasteiger partial charge in [-0.3, -0.25) is 4.98 Å². The molecule has 2 nitrogen and oxygen atoms in total. The second-order valence-electron chi connectivity index (χ2n) is 4.85. The summed E-state index contributed by atoms with van der Waals surface area (Å²) in [5.41, 5.74) is 2.65. The first-order chi connectivity index (χ1) is 10.2. The molecule has 0 fully saturated rings. The van der Waals surface area contributed by atoms with E-state index in [-0.39, 0.29) is 11.9 Å². The molecule has 0 saturated heterocycles. The monoisotopic (exact) mass is 320 g/mol. The summed E-state index contributed by atoms with van der Waals surface area (Å²) < 4.78 is 15.0. The van der Waals surface area contributed by atoms with E-state index in [4.69, 9.17) is 11.6 Å². The zero-order valence-electron chi connectivity index (χ0n) is 11.4. The minimum atomic E-state index is -0.232. The highest BCUT2D eigenvalue weighted by molar-refractivity contribution is 7.17. The maximum atomic E-state index is 13.9. The van der Waals surface area contributed by atoms with Crippen LogP contribution in [0.3, 0.4) is 0 Å². The molecule has 108 valence electrons. The number of pyridine rings is 1. The summed E-state index contributed by atoms with van der Waals surface area (Å²) in [7, 11) is 1.87. The van der Waals surface area contributed by atoms with Crippen LogP contribution in [0.2, 0.25) is 5.02 Å². The standard InChI is InChI=1S/C16H14ClFN2S/c1-19-15(7-10-6-12(17)2-3-13(10)18)11-8-16-14(20-9-11)4-5-21-16/h2-6,8-9,15,19H,7H2,1H3. The molecule has 0 amide bonds. The smallest absolute Gasteiger partial charge is 0.126 e. The van der Waals surface area contributed by atoms with Gasteiger partial charge in [0.1, 0.15) is 5.82 Å². The minimum Gasteiger partial charge on any atom is -0.313 e. The summed E-state index contributed by atoms with van der Waals surface area (Å²) in [6.07, 6.45) is 2.38. The van der Waals surface area contributed by atoms with E-state index in [9.17, 15) is 4.39 Å². The third-order valence-electron chi connectivity index (χ3n) is 3.51. The number of fused-ring (bicyclic) bond motifs is 1. The van der Waals surface area contributed by atoms with Crippen LogP contribution in [0.5, 0.6) is 0 Å². The predicted octanol–water partition coefficient (Wildman–Crippen LogP) is 4.59. The molecular weight excluding hydrogens is 307 g/mol. The fourth-order valence-electron chi connectivity index (χ4n) is 2.36. The largest absolute Gasteiger partial charge is 0.313 e. The average Bonchev–Trinajstić information content (AvgIpc) is 2.95. The molecule has 5 heteroatoms. The van der Waals surface area contributed by atoms with Crippen molar-refractivity contribution in [2.24, 2.45) is 0 Å². The van der Waals surface area contributed by atoms with Crippen molar-refractivity contribution in [2.75, 3.05) is 7.05 Å². The normalized spacial score (nSPS) is 12.7. The van der Waals surface area contributed by atoms with Gasteiger partial charge in [-0.2, -0.15) is 0 Å². The highest BCUT2D eigenvalue weighted by Crippen LogP contribution is 2.26. The van der Waals surface area contributed by atoms with Gasteiger partial charge in [-0.1, -0.05) is 11.6 Å². The molecule has 1 atom stereocenters. The van der Waals surface area contributed by atoms with Crippen molar-refractivity contribution in [3.63, 3.8) is 0 Å². The number of hydrogen-bond acceptors (Lipinski definition) is 3. The van der Waals surface area contributed by atoms with Crippen LogP contribution in [0.25, 0.3) is 10.2 Å². The molecule has 0 bridgehead atoms. The van der Waals surface area contributed by atoms with Gasteiger partial charge in [-0.05, 0) is 60.3 Å². The second-order valence-corrected chi connectivity index (χ2v) is 6.24. The maximum absolute atomic E-state index is 13.9. The Bertz CT molecular complexity index is 772. The van der Waals surface area contributed by atoms with Crippen LogP contribution in [-0.2, 0) is 6.42 Å². The molecule has 2 heterocycles. The number of thiophene rings is 1. The number of nitrogens with zero attached hydrogens (tertiary/aromatic N) is 1. The van der Waals surface area contributed by atoms with Crippen LogP contribution in [0.4, 0.5) is 4.39 Å². The molecule has 1 unspecified atom stereocenters.